The minimum Gasteiger partial charge on any atom is -0.327 e. The van der Waals surface area contributed by atoms with Crippen LogP contribution >= 0.6 is 31.9 Å². The molecular formula is C21H20Br2NO+. The lowest BCUT2D eigenvalue weighted by molar-refractivity contribution is -0.889. The van der Waals surface area contributed by atoms with Crippen molar-refractivity contribution >= 4 is 49.8 Å². The van der Waals surface area contributed by atoms with E-state index in [1.807, 2.05) is 60.7 Å². The Morgan fingerprint density at radius 3 is 1.60 bits per heavy atom. The average Bonchev–Trinajstić information content (AvgIpc) is 2.62. The Labute approximate surface area is 165 Å². The van der Waals surface area contributed by atoms with E-state index in [0.29, 0.717) is 0 Å². The summed E-state index contributed by atoms with van der Waals surface area (Å²) in [6.07, 6.45) is 4.05. The normalized spacial score (nSPS) is 21.1. The fourth-order valence-electron chi connectivity index (χ4n) is 2.97. The summed E-state index contributed by atoms with van der Waals surface area (Å²) in [4.78, 5) is 14.4. The van der Waals surface area contributed by atoms with Gasteiger partial charge in [-0.2, -0.15) is 0 Å². The number of nitrogens with one attached hydrogen (secondary N) is 1. The SMILES string of the molecule is CC[NH+]1CC(=Cc2ccc(Br)cc2)C(=O)C(=Cc2ccc(Br)cc2)C1. The van der Waals surface area contributed by atoms with Crippen molar-refractivity contribution in [3.8, 4) is 0 Å². The van der Waals surface area contributed by atoms with Crippen LogP contribution in [0.1, 0.15) is 18.1 Å². The van der Waals surface area contributed by atoms with Crippen LogP contribution in [0.3, 0.4) is 0 Å². The first kappa shape index (κ1) is 18.3. The molecule has 0 atom stereocenters. The molecule has 3 rings (SSSR count). The van der Waals surface area contributed by atoms with Gasteiger partial charge in [0, 0.05) is 8.95 Å². The number of quaternary nitrogens is 1. The van der Waals surface area contributed by atoms with Gasteiger partial charge in [-0.3, -0.25) is 4.79 Å². The van der Waals surface area contributed by atoms with Crippen LogP contribution in [0.5, 0.6) is 0 Å². The first-order valence-electron chi connectivity index (χ1n) is 8.35. The van der Waals surface area contributed by atoms with Crippen molar-refractivity contribution in [1.82, 2.24) is 0 Å². The summed E-state index contributed by atoms with van der Waals surface area (Å²) >= 11 is 6.90. The number of rotatable bonds is 3. The lowest BCUT2D eigenvalue weighted by Gasteiger charge is -2.25. The van der Waals surface area contributed by atoms with Gasteiger partial charge in [-0.1, -0.05) is 56.1 Å². The molecule has 1 aliphatic rings. The first-order chi connectivity index (χ1) is 12.0. The van der Waals surface area contributed by atoms with Crippen molar-refractivity contribution in [2.45, 2.75) is 6.92 Å². The molecule has 4 heteroatoms. The molecule has 2 nitrogen and oxygen atoms in total. The maximum absolute atomic E-state index is 13.0. The molecule has 0 amide bonds. The van der Waals surface area contributed by atoms with Crippen molar-refractivity contribution in [1.29, 1.82) is 0 Å². The zero-order valence-corrected chi connectivity index (χ0v) is 17.2. The van der Waals surface area contributed by atoms with Gasteiger partial charge in [-0.25, -0.2) is 0 Å². The topological polar surface area (TPSA) is 21.5 Å². The number of likely N-dealkylation sites (tertiary alicyclic amines) is 1. The lowest BCUT2D eigenvalue weighted by Crippen LogP contribution is -3.13. The van der Waals surface area contributed by atoms with E-state index in [0.717, 1.165) is 50.9 Å². The Hall–Kier alpha value is -1.49. The predicted octanol–water partition coefficient (Wildman–Crippen LogP) is 4.17. The molecule has 128 valence electrons. The molecule has 0 aliphatic carbocycles. The maximum Gasteiger partial charge on any atom is 0.196 e. The second kappa shape index (κ2) is 8.26. The number of carbonyl (C=O) groups excluding carboxylic acids is 1. The van der Waals surface area contributed by atoms with E-state index in [9.17, 15) is 4.79 Å². The Bertz CT molecular complexity index is 752. The standard InChI is InChI=1S/C21H19Br2NO/c1-2-24-13-17(11-15-3-7-19(22)8-4-15)21(25)18(14-24)12-16-5-9-20(23)10-6-16/h3-12H,2,13-14H2,1H3/p+1. The third-order valence-corrected chi connectivity index (χ3v) is 5.44. The third-order valence-electron chi connectivity index (χ3n) is 4.39. The number of benzene rings is 2. The van der Waals surface area contributed by atoms with E-state index in [4.69, 9.17) is 0 Å². The molecule has 1 fully saturated rings. The van der Waals surface area contributed by atoms with Gasteiger partial charge in [0.1, 0.15) is 13.1 Å². The zero-order valence-electron chi connectivity index (χ0n) is 14.1. The summed E-state index contributed by atoms with van der Waals surface area (Å²) in [7, 11) is 0. The average molecular weight is 462 g/mol. The van der Waals surface area contributed by atoms with Crippen LogP contribution in [0.15, 0.2) is 68.6 Å². The van der Waals surface area contributed by atoms with Crippen LogP contribution in [0.2, 0.25) is 0 Å². The number of hydrogen-bond acceptors (Lipinski definition) is 1. The largest absolute Gasteiger partial charge is 0.327 e. The van der Waals surface area contributed by atoms with E-state index in [1.54, 1.807) is 0 Å². The minimum absolute atomic E-state index is 0.169. The number of ketones is 1. The summed E-state index contributed by atoms with van der Waals surface area (Å²) in [6, 6.07) is 16.1. The van der Waals surface area contributed by atoms with Gasteiger partial charge in [-0.15, -0.1) is 0 Å². The Kier molecular flexibility index (Phi) is 6.05. The van der Waals surface area contributed by atoms with Crippen LogP contribution < -0.4 is 4.90 Å². The summed E-state index contributed by atoms with van der Waals surface area (Å²) in [5.41, 5.74) is 3.89. The molecule has 25 heavy (non-hydrogen) atoms. The fraction of sp³-hybridized carbons (Fsp3) is 0.190. The van der Waals surface area contributed by atoms with E-state index in [-0.39, 0.29) is 5.78 Å². The highest BCUT2D eigenvalue weighted by Crippen LogP contribution is 2.19. The molecule has 0 spiro atoms. The fourth-order valence-corrected chi connectivity index (χ4v) is 3.50. The van der Waals surface area contributed by atoms with E-state index in [1.165, 1.54) is 4.90 Å². The van der Waals surface area contributed by atoms with Crippen LogP contribution in [0.4, 0.5) is 0 Å². The summed E-state index contributed by atoms with van der Waals surface area (Å²) in [5.74, 6) is 0.169. The van der Waals surface area contributed by atoms with Crippen molar-refractivity contribution in [2.24, 2.45) is 0 Å². The van der Waals surface area contributed by atoms with Gasteiger partial charge >= 0.3 is 0 Å². The number of hydrogen-bond donors (Lipinski definition) is 1. The second-order valence-corrected chi connectivity index (χ2v) is 8.06. The zero-order chi connectivity index (χ0) is 17.8. The van der Waals surface area contributed by atoms with Gasteiger partial charge in [-0.05, 0) is 54.5 Å². The molecule has 0 bridgehead atoms. The highest BCUT2D eigenvalue weighted by atomic mass is 79.9. The monoisotopic (exact) mass is 460 g/mol. The summed E-state index contributed by atoms with van der Waals surface area (Å²) in [6.45, 7) is 4.73. The van der Waals surface area contributed by atoms with Gasteiger partial charge < -0.3 is 4.90 Å². The van der Waals surface area contributed by atoms with E-state index >= 15 is 0 Å². The molecule has 1 heterocycles. The minimum atomic E-state index is 0.169. The molecule has 0 radical (unpaired) electrons. The Balaban J connectivity index is 1.93. The molecule has 2 aromatic carbocycles. The van der Waals surface area contributed by atoms with Crippen LogP contribution in [-0.4, -0.2) is 25.4 Å². The van der Waals surface area contributed by atoms with Gasteiger partial charge in [0.25, 0.3) is 0 Å². The summed E-state index contributed by atoms with van der Waals surface area (Å²) in [5, 5.41) is 0. The molecule has 1 N–H and O–H groups in total. The quantitative estimate of drug-likeness (QED) is 0.680. The number of piperidine rings is 1. The number of likely N-dealkylation sites (N-methyl/N-ethyl adjacent to an activating group) is 1. The van der Waals surface area contributed by atoms with Crippen LogP contribution in [0, 0.1) is 0 Å². The molecule has 0 unspecified atom stereocenters. The Morgan fingerprint density at radius 2 is 1.24 bits per heavy atom. The van der Waals surface area contributed by atoms with Crippen molar-refractivity contribution in [2.75, 3.05) is 19.6 Å². The molecule has 1 aliphatic heterocycles. The molecular weight excluding hydrogens is 442 g/mol. The van der Waals surface area contributed by atoms with Crippen molar-refractivity contribution in [3.05, 3.63) is 79.7 Å². The number of Topliss-reactive ketones (excluding diaryl/α,β-unsaturated/α-hetero) is 1. The van der Waals surface area contributed by atoms with Crippen molar-refractivity contribution in [3.63, 3.8) is 0 Å². The van der Waals surface area contributed by atoms with Crippen molar-refractivity contribution < 1.29 is 9.69 Å². The molecule has 1 saturated heterocycles. The predicted molar refractivity (Wildman–Crippen MR) is 110 cm³/mol. The first-order valence-corrected chi connectivity index (χ1v) is 9.94. The highest BCUT2D eigenvalue weighted by Gasteiger charge is 2.28. The van der Waals surface area contributed by atoms with Gasteiger partial charge in [0.05, 0.1) is 17.7 Å². The van der Waals surface area contributed by atoms with Gasteiger partial charge in [0.2, 0.25) is 0 Å². The molecule has 0 saturated carbocycles. The maximum atomic E-state index is 13.0. The lowest BCUT2D eigenvalue weighted by atomic mass is 9.94. The van der Waals surface area contributed by atoms with Gasteiger partial charge in [0.15, 0.2) is 5.78 Å². The van der Waals surface area contributed by atoms with Crippen LogP contribution in [-0.2, 0) is 4.79 Å². The van der Waals surface area contributed by atoms with E-state index in [2.05, 4.69) is 38.8 Å². The smallest absolute Gasteiger partial charge is 0.196 e. The number of carbonyl (C=O) groups is 1. The second-order valence-electron chi connectivity index (χ2n) is 6.23. The van der Waals surface area contributed by atoms with E-state index < -0.39 is 0 Å². The number of halogens is 2. The summed E-state index contributed by atoms with van der Waals surface area (Å²) < 4.78 is 2.09. The molecule has 0 aromatic heterocycles. The third kappa shape index (κ3) is 4.78. The van der Waals surface area contributed by atoms with Crippen LogP contribution in [0.25, 0.3) is 12.2 Å². The highest BCUT2D eigenvalue weighted by molar-refractivity contribution is 9.10. The molecule has 2 aromatic rings. The Morgan fingerprint density at radius 1 is 0.840 bits per heavy atom.